The van der Waals surface area contributed by atoms with Gasteiger partial charge in [-0.05, 0) is 55.5 Å². The maximum atomic E-state index is 3.83. The molecule has 2 heteroatoms. The zero-order valence-corrected chi connectivity index (χ0v) is 15.6. The van der Waals surface area contributed by atoms with Crippen molar-refractivity contribution in [3.63, 3.8) is 0 Å². The van der Waals surface area contributed by atoms with E-state index >= 15 is 0 Å². The van der Waals surface area contributed by atoms with Gasteiger partial charge in [0.1, 0.15) is 0 Å². The Morgan fingerprint density at radius 2 is 1.60 bits per heavy atom. The Kier molecular flexibility index (Phi) is 7.08. The average Bonchev–Trinajstić information content (AvgIpc) is 2.69. The number of nitrogens with zero attached hydrogens (tertiary/aromatic N) is 1. The summed E-state index contributed by atoms with van der Waals surface area (Å²) < 4.78 is 0. The van der Waals surface area contributed by atoms with Gasteiger partial charge < -0.3 is 10.2 Å². The Labute approximate surface area is 153 Å². The zero-order chi connectivity index (χ0) is 17.3. The first-order valence-electron chi connectivity index (χ1n) is 9.93. The molecule has 2 aromatic carbocycles. The first kappa shape index (κ1) is 18.2. The average molecular weight is 337 g/mol. The van der Waals surface area contributed by atoms with Gasteiger partial charge in [0.15, 0.2) is 0 Å². The van der Waals surface area contributed by atoms with Crippen LogP contribution in [-0.2, 0) is 12.8 Å². The summed E-state index contributed by atoms with van der Waals surface area (Å²) in [5.41, 5.74) is 4.22. The first-order valence-corrected chi connectivity index (χ1v) is 9.93. The van der Waals surface area contributed by atoms with Crippen LogP contribution < -0.4 is 5.32 Å². The molecule has 25 heavy (non-hydrogen) atoms. The van der Waals surface area contributed by atoms with Gasteiger partial charge in [0.05, 0.1) is 0 Å². The summed E-state index contributed by atoms with van der Waals surface area (Å²) in [6, 6.07) is 20.4. The molecule has 1 N–H and O–H groups in total. The van der Waals surface area contributed by atoms with E-state index in [-0.39, 0.29) is 0 Å². The molecule has 2 nitrogen and oxygen atoms in total. The predicted molar refractivity (Wildman–Crippen MR) is 107 cm³/mol. The monoisotopic (exact) mass is 336 g/mol. The third-order valence-electron chi connectivity index (χ3n) is 5.34. The lowest BCUT2D eigenvalue weighted by molar-refractivity contribution is 0.226. The molecule has 0 bridgehead atoms. The molecule has 0 saturated carbocycles. The van der Waals surface area contributed by atoms with E-state index in [1.807, 2.05) is 0 Å². The van der Waals surface area contributed by atoms with E-state index in [4.69, 9.17) is 0 Å². The molecular formula is C23H32N2. The molecule has 0 aromatic heterocycles. The fourth-order valence-corrected chi connectivity index (χ4v) is 3.72. The van der Waals surface area contributed by atoms with Crippen LogP contribution >= 0.6 is 0 Å². The highest BCUT2D eigenvalue weighted by atomic mass is 15.1. The van der Waals surface area contributed by atoms with E-state index in [0.29, 0.717) is 6.04 Å². The molecule has 1 saturated heterocycles. The number of aryl methyl sites for hydroxylation is 1. The second-order valence-electron chi connectivity index (χ2n) is 7.19. The van der Waals surface area contributed by atoms with Crippen molar-refractivity contribution in [3.8, 4) is 0 Å². The first-order chi connectivity index (χ1) is 12.3. The molecule has 1 unspecified atom stereocenters. The molecule has 0 spiro atoms. The van der Waals surface area contributed by atoms with Crippen molar-refractivity contribution < 1.29 is 0 Å². The molecule has 134 valence electrons. The fourth-order valence-electron chi connectivity index (χ4n) is 3.72. The number of likely N-dealkylation sites (tertiary alicyclic amines) is 1. The summed E-state index contributed by atoms with van der Waals surface area (Å²) >= 11 is 0. The van der Waals surface area contributed by atoms with Crippen molar-refractivity contribution >= 4 is 0 Å². The molecule has 0 amide bonds. The van der Waals surface area contributed by atoms with Crippen molar-refractivity contribution in [1.29, 1.82) is 0 Å². The van der Waals surface area contributed by atoms with E-state index < -0.39 is 0 Å². The van der Waals surface area contributed by atoms with Gasteiger partial charge in [0, 0.05) is 19.1 Å². The van der Waals surface area contributed by atoms with Crippen molar-refractivity contribution in [3.05, 3.63) is 71.3 Å². The SMILES string of the molecule is CCc1ccc(C(Cc2ccccc2)NCCN2CCCCC2)cc1. The van der Waals surface area contributed by atoms with Gasteiger partial charge in [-0.15, -0.1) is 0 Å². The second-order valence-corrected chi connectivity index (χ2v) is 7.19. The molecule has 3 rings (SSSR count). The topological polar surface area (TPSA) is 15.3 Å². The number of rotatable bonds is 8. The van der Waals surface area contributed by atoms with Gasteiger partial charge in [-0.1, -0.05) is 67.9 Å². The van der Waals surface area contributed by atoms with Crippen molar-refractivity contribution in [2.24, 2.45) is 0 Å². The Bertz CT molecular complexity index is 600. The van der Waals surface area contributed by atoms with Gasteiger partial charge in [-0.2, -0.15) is 0 Å². The van der Waals surface area contributed by atoms with Crippen LogP contribution in [0.5, 0.6) is 0 Å². The van der Waals surface area contributed by atoms with Crippen LogP contribution in [0.4, 0.5) is 0 Å². The molecule has 1 heterocycles. The Morgan fingerprint density at radius 1 is 0.880 bits per heavy atom. The molecule has 0 aliphatic carbocycles. The number of nitrogens with one attached hydrogen (secondary N) is 1. The third kappa shape index (κ3) is 5.69. The highest BCUT2D eigenvalue weighted by Crippen LogP contribution is 2.19. The Balaban J connectivity index is 1.62. The van der Waals surface area contributed by atoms with Crippen LogP contribution in [0.15, 0.2) is 54.6 Å². The molecule has 1 atom stereocenters. The number of hydrogen-bond donors (Lipinski definition) is 1. The molecule has 1 aliphatic heterocycles. The van der Waals surface area contributed by atoms with Gasteiger partial charge in [0.25, 0.3) is 0 Å². The molecule has 2 aromatic rings. The summed E-state index contributed by atoms with van der Waals surface area (Å²) in [4.78, 5) is 2.61. The molecule has 1 aliphatic rings. The minimum Gasteiger partial charge on any atom is -0.308 e. The lowest BCUT2D eigenvalue weighted by Gasteiger charge is -2.28. The summed E-state index contributed by atoms with van der Waals surface area (Å²) in [5.74, 6) is 0. The summed E-state index contributed by atoms with van der Waals surface area (Å²) in [6.07, 6.45) is 6.29. The van der Waals surface area contributed by atoms with Crippen LogP contribution in [0.2, 0.25) is 0 Å². The minimum absolute atomic E-state index is 0.387. The number of piperidine rings is 1. The van der Waals surface area contributed by atoms with Crippen molar-refractivity contribution in [2.75, 3.05) is 26.2 Å². The molecular weight excluding hydrogens is 304 g/mol. The van der Waals surface area contributed by atoms with Crippen molar-refractivity contribution in [2.45, 2.75) is 45.1 Å². The highest BCUT2D eigenvalue weighted by molar-refractivity contribution is 5.27. The van der Waals surface area contributed by atoms with Crippen LogP contribution in [0.3, 0.4) is 0 Å². The van der Waals surface area contributed by atoms with E-state index in [0.717, 1.165) is 19.4 Å². The van der Waals surface area contributed by atoms with Gasteiger partial charge >= 0.3 is 0 Å². The summed E-state index contributed by atoms with van der Waals surface area (Å²) in [7, 11) is 0. The van der Waals surface area contributed by atoms with Crippen LogP contribution in [0.1, 0.15) is 48.9 Å². The quantitative estimate of drug-likeness (QED) is 0.757. The maximum Gasteiger partial charge on any atom is 0.0361 e. The van der Waals surface area contributed by atoms with Gasteiger partial charge in [-0.25, -0.2) is 0 Å². The van der Waals surface area contributed by atoms with Crippen LogP contribution in [-0.4, -0.2) is 31.1 Å². The van der Waals surface area contributed by atoms with Crippen LogP contribution in [0, 0.1) is 0 Å². The van der Waals surface area contributed by atoms with Crippen LogP contribution in [0.25, 0.3) is 0 Å². The third-order valence-corrected chi connectivity index (χ3v) is 5.34. The minimum atomic E-state index is 0.387. The summed E-state index contributed by atoms with van der Waals surface area (Å²) in [5, 5.41) is 3.83. The second kappa shape index (κ2) is 9.74. The van der Waals surface area contributed by atoms with E-state index in [1.165, 1.54) is 55.6 Å². The normalized spacial score (nSPS) is 16.7. The van der Waals surface area contributed by atoms with Crippen molar-refractivity contribution in [1.82, 2.24) is 10.2 Å². The van der Waals surface area contributed by atoms with E-state index in [1.54, 1.807) is 0 Å². The molecule has 0 radical (unpaired) electrons. The van der Waals surface area contributed by atoms with Gasteiger partial charge in [0.2, 0.25) is 0 Å². The number of hydrogen-bond acceptors (Lipinski definition) is 2. The van der Waals surface area contributed by atoms with E-state index in [2.05, 4.69) is 71.7 Å². The maximum absolute atomic E-state index is 3.83. The predicted octanol–water partition coefficient (Wildman–Crippen LogP) is 4.61. The highest BCUT2D eigenvalue weighted by Gasteiger charge is 2.14. The lowest BCUT2D eigenvalue weighted by atomic mass is 9.97. The fraction of sp³-hybridized carbons (Fsp3) is 0.478. The Morgan fingerprint density at radius 3 is 2.28 bits per heavy atom. The summed E-state index contributed by atoms with van der Waals surface area (Å²) in [6.45, 7) is 6.99. The standard InChI is InChI=1S/C23H32N2/c1-2-20-11-13-22(14-12-20)23(19-21-9-5-3-6-10-21)24-15-18-25-16-7-4-8-17-25/h3,5-6,9-14,23-24H,2,4,7-8,15-19H2,1H3. The lowest BCUT2D eigenvalue weighted by Crippen LogP contribution is -2.37. The Hall–Kier alpha value is -1.64. The molecule has 1 fully saturated rings. The van der Waals surface area contributed by atoms with Gasteiger partial charge in [-0.3, -0.25) is 0 Å². The van der Waals surface area contributed by atoms with E-state index in [9.17, 15) is 0 Å². The largest absolute Gasteiger partial charge is 0.308 e. The number of benzene rings is 2. The zero-order valence-electron chi connectivity index (χ0n) is 15.6. The smallest absolute Gasteiger partial charge is 0.0361 e.